The molecule has 1 fully saturated rings. The number of hydrogen-bond donors (Lipinski definition) is 2. The predicted octanol–water partition coefficient (Wildman–Crippen LogP) is 4.25. The minimum absolute atomic E-state index is 0.156. The first-order valence-electron chi connectivity index (χ1n) is 10.4. The SMILES string of the molecule is CC1(C)C[C@H](CCCOC(=O)NCc2ccccc2)CN1c1nc(Br)ccc1C(N)=O. The van der Waals surface area contributed by atoms with Gasteiger partial charge in [-0.2, -0.15) is 0 Å². The zero-order valence-electron chi connectivity index (χ0n) is 17.9. The average molecular weight is 489 g/mol. The van der Waals surface area contributed by atoms with Crippen LogP contribution >= 0.6 is 15.9 Å². The molecule has 0 spiro atoms. The van der Waals surface area contributed by atoms with Crippen LogP contribution in [0.5, 0.6) is 0 Å². The number of ether oxygens (including phenoxy) is 1. The Morgan fingerprint density at radius 2 is 2.00 bits per heavy atom. The second-order valence-electron chi connectivity index (χ2n) is 8.48. The summed E-state index contributed by atoms with van der Waals surface area (Å²) in [4.78, 5) is 30.5. The number of rotatable bonds is 8. The summed E-state index contributed by atoms with van der Waals surface area (Å²) in [6.07, 6.45) is 2.26. The van der Waals surface area contributed by atoms with Crippen LogP contribution in [0.2, 0.25) is 0 Å². The Morgan fingerprint density at radius 1 is 1.26 bits per heavy atom. The molecular weight excluding hydrogens is 460 g/mol. The maximum Gasteiger partial charge on any atom is 0.407 e. The van der Waals surface area contributed by atoms with Crippen LogP contribution in [-0.4, -0.2) is 35.7 Å². The number of pyridine rings is 1. The van der Waals surface area contributed by atoms with Crippen molar-refractivity contribution in [2.75, 3.05) is 18.1 Å². The van der Waals surface area contributed by atoms with E-state index in [0.29, 0.717) is 35.1 Å². The molecule has 2 amide bonds. The van der Waals surface area contributed by atoms with Gasteiger partial charge in [0.1, 0.15) is 10.4 Å². The van der Waals surface area contributed by atoms with Crippen LogP contribution in [0.3, 0.4) is 0 Å². The molecule has 7 nitrogen and oxygen atoms in total. The van der Waals surface area contributed by atoms with Gasteiger partial charge in [-0.1, -0.05) is 30.3 Å². The second kappa shape index (κ2) is 10.1. The van der Waals surface area contributed by atoms with Gasteiger partial charge in [0, 0.05) is 18.6 Å². The number of anilines is 1. The summed E-state index contributed by atoms with van der Waals surface area (Å²) >= 11 is 3.39. The summed E-state index contributed by atoms with van der Waals surface area (Å²) in [6, 6.07) is 13.2. The van der Waals surface area contributed by atoms with E-state index in [2.05, 4.69) is 45.0 Å². The van der Waals surface area contributed by atoms with Gasteiger partial charge in [-0.15, -0.1) is 0 Å². The number of nitrogens with zero attached hydrogens (tertiary/aromatic N) is 2. The zero-order valence-corrected chi connectivity index (χ0v) is 19.5. The van der Waals surface area contributed by atoms with Gasteiger partial charge in [0.05, 0.1) is 12.2 Å². The third-order valence-electron chi connectivity index (χ3n) is 5.59. The minimum atomic E-state index is -0.482. The van der Waals surface area contributed by atoms with Crippen molar-refractivity contribution in [3.05, 3.63) is 58.2 Å². The van der Waals surface area contributed by atoms with Crippen LogP contribution in [-0.2, 0) is 11.3 Å². The van der Waals surface area contributed by atoms with Crippen molar-refractivity contribution >= 4 is 33.7 Å². The molecule has 0 radical (unpaired) electrons. The number of aromatic nitrogens is 1. The number of alkyl carbamates (subject to hydrolysis) is 1. The van der Waals surface area contributed by atoms with E-state index in [4.69, 9.17) is 10.5 Å². The summed E-state index contributed by atoms with van der Waals surface area (Å²) in [5.74, 6) is 0.544. The second-order valence-corrected chi connectivity index (χ2v) is 9.29. The fraction of sp³-hybridized carbons (Fsp3) is 0.435. The Kier molecular flexibility index (Phi) is 7.54. The Labute approximate surface area is 191 Å². The molecule has 0 aliphatic carbocycles. The first kappa shape index (κ1) is 23.1. The molecule has 1 aliphatic rings. The minimum Gasteiger partial charge on any atom is -0.450 e. The number of amides is 2. The van der Waals surface area contributed by atoms with E-state index in [0.717, 1.165) is 31.4 Å². The standard InChI is InChI=1S/C23H29BrN4O3/c1-23(2)13-17(15-28(23)21-18(20(25)29)10-11-19(24)27-21)9-6-12-31-22(30)26-14-16-7-4-3-5-8-16/h3-5,7-8,10-11,17H,6,9,12-15H2,1-2H3,(H2,25,29)(H,26,30)/t17-/m0/s1. The van der Waals surface area contributed by atoms with Crippen LogP contribution in [0.15, 0.2) is 47.1 Å². The lowest BCUT2D eigenvalue weighted by Gasteiger charge is -2.33. The lowest BCUT2D eigenvalue weighted by molar-refractivity contribution is 0.1000. The van der Waals surface area contributed by atoms with Crippen molar-refractivity contribution in [1.29, 1.82) is 0 Å². The Bertz CT molecular complexity index is 920. The third-order valence-corrected chi connectivity index (χ3v) is 6.03. The van der Waals surface area contributed by atoms with Crippen LogP contribution < -0.4 is 16.0 Å². The largest absolute Gasteiger partial charge is 0.450 e. The molecule has 1 aliphatic heterocycles. The highest BCUT2D eigenvalue weighted by Gasteiger charge is 2.40. The van der Waals surface area contributed by atoms with Crippen molar-refractivity contribution in [3.8, 4) is 0 Å². The fourth-order valence-electron chi connectivity index (χ4n) is 4.13. The van der Waals surface area contributed by atoms with Crippen molar-refractivity contribution in [2.24, 2.45) is 11.7 Å². The third kappa shape index (κ3) is 6.19. The van der Waals surface area contributed by atoms with Gasteiger partial charge in [0.25, 0.3) is 5.91 Å². The van der Waals surface area contributed by atoms with E-state index in [-0.39, 0.29) is 5.54 Å². The van der Waals surface area contributed by atoms with E-state index in [1.165, 1.54) is 0 Å². The number of primary amides is 1. The van der Waals surface area contributed by atoms with E-state index >= 15 is 0 Å². The summed E-state index contributed by atoms with van der Waals surface area (Å²) in [5, 5.41) is 2.77. The molecule has 0 bridgehead atoms. The highest BCUT2D eigenvalue weighted by Crippen LogP contribution is 2.39. The Morgan fingerprint density at radius 3 is 2.71 bits per heavy atom. The van der Waals surface area contributed by atoms with Gasteiger partial charge >= 0.3 is 6.09 Å². The van der Waals surface area contributed by atoms with Crippen molar-refractivity contribution in [1.82, 2.24) is 10.3 Å². The van der Waals surface area contributed by atoms with Crippen molar-refractivity contribution < 1.29 is 14.3 Å². The summed E-state index contributed by atoms with van der Waals surface area (Å²) in [5.41, 5.74) is 6.87. The Hall–Kier alpha value is -2.61. The molecule has 1 atom stereocenters. The van der Waals surface area contributed by atoms with E-state index < -0.39 is 12.0 Å². The molecule has 3 N–H and O–H groups in total. The number of benzene rings is 1. The highest BCUT2D eigenvalue weighted by atomic mass is 79.9. The molecule has 2 aromatic rings. The molecule has 0 unspecified atom stereocenters. The molecule has 31 heavy (non-hydrogen) atoms. The van der Waals surface area contributed by atoms with Crippen LogP contribution in [0.4, 0.5) is 10.6 Å². The van der Waals surface area contributed by atoms with Crippen molar-refractivity contribution in [2.45, 2.75) is 45.2 Å². The zero-order chi connectivity index (χ0) is 22.4. The van der Waals surface area contributed by atoms with Crippen LogP contribution in [0, 0.1) is 5.92 Å². The topological polar surface area (TPSA) is 97.6 Å². The lowest BCUT2D eigenvalue weighted by Crippen LogP contribution is -2.40. The van der Waals surface area contributed by atoms with Gasteiger partial charge < -0.3 is 20.7 Å². The van der Waals surface area contributed by atoms with Gasteiger partial charge in [0.2, 0.25) is 0 Å². The molecule has 1 saturated heterocycles. The van der Waals surface area contributed by atoms with E-state index in [1.54, 1.807) is 12.1 Å². The Balaban J connectivity index is 1.48. The average Bonchev–Trinajstić information content (AvgIpc) is 3.04. The molecule has 8 heteroatoms. The lowest BCUT2D eigenvalue weighted by atomic mass is 9.93. The normalized spacial score (nSPS) is 17.4. The monoisotopic (exact) mass is 488 g/mol. The number of nitrogens with one attached hydrogen (secondary N) is 1. The molecule has 3 rings (SSSR count). The van der Waals surface area contributed by atoms with Gasteiger partial charge in [-0.25, -0.2) is 9.78 Å². The maximum atomic E-state index is 11.9. The van der Waals surface area contributed by atoms with E-state index in [1.807, 2.05) is 30.3 Å². The first-order valence-corrected chi connectivity index (χ1v) is 11.2. The van der Waals surface area contributed by atoms with E-state index in [9.17, 15) is 9.59 Å². The molecule has 0 saturated carbocycles. The summed E-state index contributed by atoms with van der Waals surface area (Å²) in [6.45, 7) is 5.89. The van der Waals surface area contributed by atoms with Crippen LogP contribution in [0.1, 0.15) is 49.0 Å². The van der Waals surface area contributed by atoms with Crippen molar-refractivity contribution in [3.63, 3.8) is 0 Å². The van der Waals surface area contributed by atoms with Gasteiger partial charge in [0.15, 0.2) is 0 Å². The molecule has 166 valence electrons. The van der Waals surface area contributed by atoms with Gasteiger partial charge in [-0.3, -0.25) is 4.79 Å². The number of hydrogen-bond acceptors (Lipinski definition) is 5. The fourth-order valence-corrected chi connectivity index (χ4v) is 4.43. The number of carbonyl (C=O) groups is 2. The maximum absolute atomic E-state index is 11.9. The first-order chi connectivity index (χ1) is 14.8. The molecular formula is C23H29BrN4O3. The van der Waals surface area contributed by atoms with Crippen LogP contribution in [0.25, 0.3) is 0 Å². The smallest absolute Gasteiger partial charge is 0.407 e. The number of carbonyl (C=O) groups excluding carboxylic acids is 2. The highest BCUT2D eigenvalue weighted by molar-refractivity contribution is 9.10. The molecule has 2 heterocycles. The molecule has 1 aromatic heterocycles. The summed E-state index contributed by atoms with van der Waals surface area (Å²) in [7, 11) is 0. The number of halogens is 1. The molecule has 1 aromatic carbocycles. The predicted molar refractivity (Wildman–Crippen MR) is 124 cm³/mol. The summed E-state index contributed by atoms with van der Waals surface area (Å²) < 4.78 is 5.98. The quantitative estimate of drug-likeness (QED) is 0.427. The van der Waals surface area contributed by atoms with Gasteiger partial charge in [-0.05, 0) is 72.7 Å². The number of nitrogens with two attached hydrogens (primary N) is 1.